The van der Waals surface area contributed by atoms with Crippen molar-refractivity contribution in [1.29, 1.82) is 0 Å². The van der Waals surface area contributed by atoms with Gasteiger partial charge in [-0.25, -0.2) is 9.97 Å². The van der Waals surface area contributed by atoms with Gasteiger partial charge in [-0.15, -0.1) is 0 Å². The van der Waals surface area contributed by atoms with Crippen LogP contribution >= 0.6 is 0 Å². The van der Waals surface area contributed by atoms with E-state index in [4.69, 9.17) is 9.47 Å². The molecule has 8 atom stereocenters. The molecule has 0 radical (unpaired) electrons. The molecule has 0 saturated carbocycles. The van der Waals surface area contributed by atoms with Crippen LogP contribution in [0.1, 0.15) is 78.1 Å². The van der Waals surface area contributed by atoms with Crippen molar-refractivity contribution < 1.29 is 29.0 Å². The van der Waals surface area contributed by atoms with Gasteiger partial charge in [0.05, 0.1) is 30.7 Å². The normalized spacial score (nSPS) is 19.1. The predicted molar refractivity (Wildman–Crippen MR) is 191 cm³/mol. The van der Waals surface area contributed by atoms with Crippen molar-refractivity contribution in [3.8, 4) is 0 Å². The van der Waals surface area contributed by atoms with Crippen LogP contribution in [-0.2, 0) is 36.7 Å². The molecule has 0 unspecified atom stereocenters. The minimum Gasteiger partial charge on any atom is -0.396 e. The molecule has 0 aliphatic carbocycles. The molecule has 1 aromatic heterocycles. The zero-order chi connectivity index (χ0) is 36.1. The molecule has 0 bridgehead atoms. The first-order chi connectivity index (χ1) is 23.5. The average molecular weight is 681 g/mol. The monoisotopic (exact) mass is 680 g/mol. The van der Waals surface area contributed by atoms with Crippen LogP contribution in [0.2, 0.25) is 0 Å². The van der Waals surface area contributed by atoms with E-state index in [0.717, 1.165) is 24.8 Å². The molecule has 0 spiro atoms. The predicted octanol–water partition coefficient (Wildman–Crippen LogP) is 5.02. The second-order valence-electron chi connectivity index (χ2n) is 14.2. The van der Waals surface area contributed by atoms with Crippen molar-refractivity contribution in [3.05, 3.63) is 60.2 Å². The summed E-state index contributed by atoms with van der Waals surface area (Å²) in [4.78, 5) is 54.1. The number of benzene rings is 1. The molecule has 1 aliphatic heterocycles. The number of likely N-dealkylation sites (N-methyl/N-ethyl adjacent to an activating group) is 1. The lowest BCUT2D eigenvalue weighted by Gasteiger charge is -2.40. The second-order valence-corrected chi connectivity index (χ2v) is 14.2. The third-order valence-corrected chi connectivity index (χ3v) is 10.6. The van der Waals surface area contributed by atoms with E-state index in [9.17, 15) is 19.5 Å². The van der Waals surface area contributed by atoms with Gasteiger partial charge >= 0.3 is 0 Å². The summed E-state index contributed by atoms with van der Waals surface area (Å²) >= 11 is 0. The van der Waals surface area contributed by atoms with Gasteiger partial charge in [0.1, 0.15) is 11.6 Å². The maximum absolute atomic E-state index is 14.1. The van der Waals surface area contributed by atoms with Gasteiger partial charge in [-0.3, -0.25) is 14.4 Å². The van der Waals surface area contributed by atoms with E-state index in [0.29, 0.717) is 25.2 Å². The number of aliphatic hydroxyl groups is 1. The fraction of sp³-hybridized carbons (Fsp3) is 0.667. The number of amides is 2. The molecule has 2 aromatic rings. The molecular formula is C39H60N4O6. The molecule has 2 heterocycles. The zero-order valence-electron chi connectivity index (χ0n) is 31.0. The molecular weight excluding hydrogens is 620 g/mol. The van der Waals surface area contributed by atoms with Crippen molar-refractivity contribution in [1.82, 2.24) is 19.8 Å². The molecule has 3 rings (SSSR count). The number of carbonyl (C=O) groups excluding carboxylic acids is 3. The van der Waals surface area contributed by atoms with E-state index in [1.807, 2.05) is 63.1 Å². The second kappa shape index (κ2) is 19.8. The number of Topliss-reactive ketones (excluding diaryl/α,β-unsaturated/α-hetero) is 1. The molecule has 272 valence electrons. The standard InChI is InChI=1S/C39H60N4O6/c1-9-27(4)37(42(6)39(47)31(26(2)3)23-35-40-18-14-19-41-35)34(48-7)24-36(46)43-20-13-17-32(43)38(49-8)28(5)33(45)22-30(25-44)21-29-15-11-10-12-16-29/h10-12,14-16,18-19,26-28,30-32,34,37-38,44H,9,13,17,20-25H2,1-8H3/t27-,28-,30+,31-,32-,34+,37-,38+/m0/s1. The number of methoxy groups -OCH3 is 2. The fourth-order valence-corrected chi connectivity index (χ4v) is 7.46. The van der Waals surface area contributed by atoms with Crippen molar-refractivity contribution in [2.24, 2.45) is 29.6 Å². The molecule has 1 aliphatic rings. The Morgan fingerprint density at radius 3 is 2.22 bits per heavy atom. The average Bonchev–Trinajstić information content (AvgIpc) is 3.60. The maximum atomic E-state index is 14.1. The number of hydrogen-bond donors (Lipinski definition) is 1. The van der Waals surface area contributed by atoms with E-state index in [1.54, 1.807) is 37.6 Å². The molecule has 49 heavy (non-hydrogen) atoms. The van der Waals surface area contributed by atoms with E-state index < -0.39 is 18.1 Å². The van der Waals surface area contributed by atoms with Crippen LogP contribution in [0.15, 0.2) is 48.8 Å². The van der Waals surface area contributed by atoms with Crippen molar-refractivity contribution in [2.75, 3.05) is 34.4 Å². The third kappa shape index (κ3) is 10.9. The van der Waals surface area contributed by atoms with Crippen molar-refractivity contribution in [2.45, 2.75) is 104 Å². The highest BCUT2D eigenvalue weighted by atomic mass is 16.5. The number of nitrogens with zero attached hydrogens (tertiary/aromatic N) is 4. The van der Waals surface area contributed by atoms with Gasteiger partial charge in [-0.1, -0.05) is 71.4 Å². The quantitative estimate of drug-likeness (QED) is 0.207. The van der Waals surface area contributed by atoms with Gasteiger partial charge in [0.15, 0.2) is 0 Å². The van der Waals surface area contributed by atoms with E-state index in [-0.39, 0.29) is 72.8 Å². The maximum Gasteiger partial charge on any atom is 0.226 e. The Hall–Kier alpha value is -3.21. The molecule has 10 nitrogen and oxygen atoms in total. The Morgan fingerprint density at radius 1 is 0.980 bits per heavy atom. The summed E-state index contributed by atoms with van der Waals surface area (Å²) in [5.74, 6) is -0.265. The van der Waals surface area contributed by atoms with Crippen LogP contribution in [0.5, 0.6) is 0 Å². The summed E-state index contributed by atoms with van der Waals surface area (Å²) in [6.45, 7) is 10.6. The summed E-state index contributed by atoms with van der Waals surface area (Å²) in [5, 5.41) is 10.1. The number of rotatable bonds is 20. The Labute approximate surface area is 294 Å². The van der Waals surface area contributed by atoms with Crippen LogP contribution in [0.3, 0.4) is 0 Å². The lowest BCUT2D eigenvalue weighted by molar-refractivity contribution is -0.148. The Bertz CT molecular complexity index is 1290. The highest BCUT2D eigenvalue weighted by molar-refractivity contribution is 5.82. The van der Waals surface area contributed by atoms with E-state index in [1.165, 1.54) is 0 Å². The Balaban J connectivity index is 1.74. The van der Waals surface area contributed by atoms with E-state index >= 15 is 0 Å². The number of carbonyl (C=O) groups is 3. The molecule has 10 heteroatoms. The molecule has 1 N–H and O–H groups in total. The molecule has 1 fully saturated rings. The lowest BCUT2D eigenvalue weighted by atomic mass is 9.85. The minimum atomic E-state index is -0.526. The van der Waals surface area contributed by atoms with Crippen molar-refractivity contribution >= 4 is 17.6 Å². The molecule has 2 amide bonds. The van der Waals surface area contributed by atoms with Gasteiger partial charge in [0.25, 0.3) is 0 Å². The summed E-state index contributed by atoms with van der Waals surface area (Å²) in [7, 11) is 5.03. The number of ketones is 1. The summed E-state index contributed by atoms with van der Waals surface area (Å²) in [5.41, 5.74) is 1.08. The van der Waals surface area contributed by atoms with Crippen LogP contribution < -0.4 is 0 Å². The SMILES string of the molecule is CC[C@H](C)[C@@H]([C@@H](CC(=O)N1CCC[C@H]1[C@H](OC)[C@@H](C)C(=O)C[C@H](CO)Cc1ccccc1)OC)N(C)C(=O)[C@@H](Cc1ncccn1)C(C)C. The van der Waals surface area contributed by atoms with Crippen molar-refractivity contribution in [3.63, 3.8) is 0 Å². The van der Waals surface area contributed by atoms with Gasteiger partial charge in [0.2, 0.25) is 11.8 Å². The number of ether oxygens (including phenoxy) is 2. The minimum absolute atomic E-state index is 0.0125. The van der Waals surface area contributed by atoms with Gasteiger partial charge in [0, 0.05) is 71.5 Å². The first kappa shape index (κ1) is 40.2. The number of aromatic nitrogens is 2. The van der Waals surface area contributed by atoms with Gasteiger partial charge < -0.3 is 24.4 Å². The number of likely N-dealkylation sites (tertiary alicyclic amines) is 1. The number of aliphatic hydroxyl groups excluding tert-OH is 1. The van der Waals surface area contributed by atoms with Crippen LogP contribution in [0.4, 0.5) is 0 Å². The summed E-state index contributed by atoms with van der Waals surface area (Å²) in [6.07, 6.45) is 6.13. The van der Waals surface area contributed by atoms with Gasteiger partial charge in [-0.05, 0) is 48.6 Å². The topological polar surface area (TPSA) is 122 Å². The highest BCUT2D eigenvalue weighted by Gasteiger charge is 2.42. The number of hydrogen-bond acceptors (Lipinski definition) is 8. The van der Waals surface area contributed by atoms with E-state index in [2.05, 4.69) is 23.8 Å². The Morgan fingerprint density at radius 2 is 1.65 bits per heavy atom. The van der Waals surface area contributed by atoms with Crippen LogP contribution in [-0.4, -0.2) is 101 Å². The zero-order valence-corrected chi connectivity index (χ0v) is 31.0. The smallest absolute Gasteiger partial charge is 0.226 e. The molecule has 1 saturated heterocycles. The third-order valence-electron chi connectivity index (χ3n) is 10.6. The summed E-state index contributed by atoms with van der Waals surface area (Å²) < 4.78 is 12.0. The van der Waals surface area contributed by atoms with Crippen LogP contribution in [0, 0.1) is 29.6 Å². The lowest BCUT2D eigenvalue weighted by Crippen LogP contribution is -2.54. The highest BCUT2D eigenvalue weighted by Crippen LogP contribution is 2.31. The summed E-state index contributed by atoms with van der Waals surface area (Å²) in [6, 6.07) is 11.1. The van der Waals surface area contributed by atoms with Crippen LogP contribution in [0.25, 0.3) is 0 Å². The molecule has 1 aromatic carbocycles. The fourth-order valence-electron chi connectivity index (χ4n) is 7.46. The Kier molecular flexibility index (Phi) is 16.3. The first-order valence-electron chi connectivity index (χ1n) is 18.0. The largest absolute Gasteiger partial charge is 0.396 e. The van der Waals surface area contributed by atoms with Gasteiger partial charge in [-0.2, -0.15) is 0 Å². The first-order valence-corrected chi connectivity index (χ1v) is 18.0.